The van der Waals surface area contributed by atoms with E-state index < -0.39 is 0 Å². The van der Waals surface area contributed by atoms with E-state index in [1.165, 1.54) is 0 Å². The maximum atomic E-state index is 10.00. The predicted octanol–water partition coefficient (Wildman–Crippen LogP) is 2.68. The Morgan fingerprint density at radius 1 is 1.04 bits per heavy atom. The third-order valence-electron chi connectivity index (χ3n) is 3.80. The zero-order chi connectivity index (χ0) is 16.1. The van der Waals surface area contributed by atoms with E-state index in [0.29, 0.717) is 5.56 Å². The Labute approximate surface area is 135 Å². The second-order valence-corrected chi connectivity index (χ2v) is 5.56. The summed E-state index contributed by atoms with van der Waals surface area (Å²) in [6.07, 6.45) is 1.64. The lowest BCUT2D eigenvalue weighted by Gasteiger charge is -2.26. The van der Waals surface area contributed by atoms with Crippen LogP contribution in [0.1, 0.15) is 11.1 Å². The predicted molar refractivity (Wildman–Crippen MR) is 89.6 cm³/mol. The number of morpholine rings is 1. The third-order valence-corrected chi connectivity index (χ3v) is 3.80. The van der Waals surface area contributed by atoms with Gasteiger partial charge < -0.3 is 14.9 Å². The summed E-state index contributed by atoms with van der Waals surface area (Å²) in [5.74, 6) is 0.414. The number of hydrogen-bond acceptors (Lipinski definition) is 5. The third kappa shape index (κ3) is 4.31. The second-order valence-electron chi connectivity index (χ2n) is 5.56. The van der Waals surface area contributed by atoms with Crippen LogP contribution in [0.2, 0.25) is 0 Å². The van der Waals surface area contributed by atoms with E-state index in [1.54, 1.807) is 36.5 Å². The Bertz CT molecular complexity index is 677. The van der Waals surface area contributed by atoms with E-state index in [0.717, 1.165) is 44.1 Å². The number of ether oxygens (including phenoxy) is 1. The van der Waals surface area contributed by atoms with Crippen LogP contribution >= 0.6 is 0 Å². The Balaban J connectivity index is 1.73. The van der Waals surface area contributed by atoms with Gasteiger partial charge in [0.2, 0.25) is 0 Å². The molecule has 5 nitrogen and oxygen atoms in total. The number of aromatic hydroxyl groups is 2. The summed E-state index contributed by atoms with van der Waals surface area (Å²) >= 11 is 0. The number of benzene rings is 2. The molecule has 1 fully saturated rings. The van der Waals surface area contributed by atoms with Crippen LogP contribution < -0.4 is 0 Å². The molecular formula is C18H20N2O3. The summed E-state index contributed by atoms with van der Waals surface area (Å²) < 4.78 is 5.36. The highest BCUT2D eigenvalue weighted by Gasteiger charge is 2.11. The van der Waals surface area contributed by atoms with Gasteiger partial charge in [-0.25, -0.2) is 0 Å². The van der Waals surface area contributed by atoms with Crippen molar-refractivity contribution in [3.05, 3.63) is 53.6 Å². The summed E-state index contributed by atoms with van der Waals surface area (Å²) in [4.78, 5) is 6.67. The van der Waals surface area contributed by atoms with Gasteiger partial charge in [0.25, 0.3) is 0 Å². The summed E-state index contributed by atoms with van der Waals surface area (Å²) in [5, 5.41) is 19.3. The van der Waals surface area contributed by atoms with Crippen molar-refractivity contribution in [1.29, 1.82) is 0 Å². The van der Waals surface area contributed by atoms with Crippen LogP contribution in [0.15, 0.2) is 47.5 Å². The molecule has 23 heavy (non-hydrogen) atoms. The van der Waals surface area contributed by atoms with Gasteiger partial charge in [-0.05, 0) is 42.0 Å². The van der Waals surface area contributed by atoms with Gasteiger partial charge in [0, 0.05) is 31.4 Å². The number of rotatable bonds is 4. The lowest BCUT2D eigenvalue weighted by atomic mass is 10.1. The van der Waals surface area contributed by atoms with Crippen LogP contribution in [0.4, 0.5) is 5.69 Å². The second kappa shape index (κ2) is 7.26. The molecule has 0 radical (unpaired) electrons. The Morgan fingerprint density at radius 3 is 2.52 bits per heavy atom. The first kappa shape index (κ1) is 15.5. The van der Waals surface area contributed by atoms with Crippen molar-refractivity contribution in [2.45, 2.75) is 6.54 Å². The van der Waals surface area contributed by atoms with Crippen molar-refractivity contribution in [2.24, 2.45) is 4.99 Å². The summed E-state index contributed by atoms with van der Waals surface area (Å²) in [6, 6.07) is 12.2. The normalized spacial score (nSPS) is 16.0. The van der Waals surface area contributed by atoms with Crippen LogP contribution in [0.25, 0.3) is 0 Å². The van der Waals surface area contributed by atoms with Crippen LogP contribution in [0.5, 0.6) is 11.5 Å². The fourth-order valence-corrected chi connectivity index (χ4v) is 2.51. The monoisotopic (exact) mass is 312 g/mol. The zero-order valence-electron chi connectivity index (χ0n) is 12.9. The van der Waals surface area contributed by atoms with E-state index in [4.69, 9.17) is 4.74 Å². The molecule has 0 unspecified atom stereocenters. The molecular weight excluding hydrogens is 292 g/mol. The van der Waals surface area contributed by atoms with E-state index >= 15 is 0 Å². The first-order valence-corrected chi connectivity index (χ1v) is 7.66. The molecule has 3 rings (SSSR count). The van der Waals surface area contributed by atoms with Crippen molar-refractivity contribution in [1.82, 2.24) is 4.90 Å². The summed E-state index contributed by atoms with van der Waals surface area (Å²) in [7, 11) is 0. The van der Waals surface area contributed by atoms with E-state index in [9.17, 15) is 10.2 Å². The van der Waals surface area contributed by atoms with Crippen molar-refractivity contribution < 1.29 is 14.9 Å². The number of aliphatic imine (C=N–C) groups is 1. The van der Waals surface area contributed by atoms with E-state index in [1.807, 2.05) is 12.1 Å². The molecule has 0 amide bonds. The molecule has 1 saturated heterocycles. The van der Waals surface area contributed by atoms with Gasteiger partial charge in [-0.1, -0.05) is 6.07 Å². The van der Waals surface area contributed by atoms with Crippen molar-refractivity contribution >= 4 is 11.9 Å². The number of hydrogen-bond donors (Lipinski definition) is 2. The topological polar surface area (TPSA) is 65.3 Å². The fraction of sp³-hybridized carbons (Fsp3) is 0.278. The highest BCUT2D eigenvalue weighted by Crippen LogP contribution is 2.21. The van der Waals surface area contributed by atoms with Crippen LogP contribution in [0, 0.1) is 0 Å². The molecule has 2 N–H and O–H groups in total. The largest absolute Gasteiger partial charge is 0.508 e. The first-order valence-electron chi connectivity index (χ1n) is 7.66. The van der Waals surface area contributed by atoms with Crippen molar-refractivity contribution in [2.75, 3.05) is 26.3 Å². The highest BCUT2D eigenvalue weighted by molar-refractivity contribution is 5.85. The van der Waals surface area contributed by atoms with E-state index in [2.05, 4.69) is 9.89 Å². The minimum atomic E-state index is 0.207. The van der Waals surface area contributed by atoms with Gasteiger partial charge in [0.05, 0.1) is 18.9 Å². The molecule has 5 heteroatoms. The highest BCUT2D eigenvalue weighted by atomic mass is 16.5. The SMILES string of the molecule is Oc1ccc(N=Cc2cc(CN3CCOCC3)ccc2O)cc1. The first-order chi connectivity index (χ1) is 11.2. The molecule has 2 aromatic rings. The molecule has 0 aromatic heterocycles. The van der Waals surface area contributed by atoms with Crippen molar-refractivity contribution in [3.63, 3.8) is 0 Å². The lowest BCUT2D eigenvalue weighted by molar-refractivity contribution is 0.0342. The minimum absolute atomic E-state index is 0.207. The van der Waals surface area contributed by atoms with Crippen LogP contribution in [-0.2, 0) is 11.3 Å². The number of nitrogens with zero attached hydrogens (tertiary/aromatic N) is 2. The maximum absolute atomic E-state index is 10.00. The quantitative estimate of drug-likeness (QED) is 0.852. The minimum Gasteiger partial charge on any atom is -0.508 e. The van der Waals surface area contributed by atoms with Gasteiger partial charge in [-0.2, -0.15) is 0 Å². The lowest BCUT2D eigenvalue weighted by Crippen LogP contribution is -2.35. The zero-order valence-corrected chi connectivity index (χ0v) is 12.9. The molecule has 1 aliphatic rings. The standard InChI is InChI=1S/C18H20N2O3/c21-17-4-2-16(3-5-17)19-12-15-11-14(1-6-18(15)22)13-20-7-9-23-10-8-20/h1-6,11-12,21-22H,7-10,13H2. The number of phenols is 2. The maximum Gasteiger partial charge on any atom is 0.124 e. The molecule has 120 valence electrons. The average Bonchev–Trinajstić information content (AvgIpc) is 2.58. The van der Waals surface area contributed by atoms with Gasteiger partial charge in [0.15, 0.2) is 0 Å². The van der Waals surface area contributed by atoms with Gasteiger partial charge in [0.1, 0.15) is 11.5 Å². The summed E-state index contributed by atoms with van der Waals surface area (Å²) in [6.45, 7) is 4.24. The van der Waals surface area contributed by atoms with Crippen LogP contribution in [0.3, 0.4) is 0 Å². The van der Waals surface area contributed by atoms with Gasteiger partial charge in [-0.3, -0.25) is 9.89 Å². The molecule has 0 bridgehead atoms. The van der Waals surface area contributed by atoms with Crippen LogP contribution in [-0.4, -0.2) is 47.6 Å². The van der Waals surface area contributed by atoms with E-state index in [-0.39, 0.29) is 11.5 Å². The molecule has 0 spiro atoms. The fourth-order valence-electron chi connectivity index (χ4n) is 2.51. The molecule has 2 aromatic carbocycles. The Kier molecular flexibility index (Phi) is 4.90. The van der Waals surface area contributed by atoms with Gasteiger partial charge in [-0.15, -0.1) is 0 Å². The van der Waals surface area contributed by atoms with Gasteiger partial charge >= 0.3 is 0 Å². The molecule has 0 atom stereocenters. The molecule has 0 saturated carbocycles. The molecule has 1 heterocycles. The average molecular weight is 312 g/mol. The van der Waals surface area contributed by atoms with Crippen molar-refractivity contribution in [3.8, 4) is 11.5 Å². The summed E-state index contributed by atoms with van der Waals surface area (Å²) in [5.41, 5.74) is 2.54. The number of phenolic OH excluding ortho intramolecular Hbond substituents is 2. The molecule has 0 aliphatic carbocycles. The Morgan fingerprint density at radius 2 is 1.78 bits per heavy atom. The molecule has 1 aliphatic heterocycles. The Hall–Kier alpha value is -2.37. The smallest absolute Gasteiger partial charge is 0.124 e.